The molecule has 0 aromatic heterocycles. The quantitative estimate of drug-likeness (QED) is 0.734. The van der Waals surface area contributed by atoms with Gasteiger partial charge in [-0.1, -0.05) is 66.2 Å². The molecule has 0 aliphatic carbocycles. The van der Waals surface area contributed by atoms with Crippen molar-refractivity contribution in [3.8, 4) is 0 Å². The molecule has 0 spiro atoms. The molecule has 3 aromatic rings. The van der Waals surface area contributed by atoms with E-state index >= 15 is 0 Å². The minimum absolute atomic E-state index is 0.0640. The van der Waals surface area contributed by atoms with Crippen LogP contribution in [0.15, 0.2) is 78.9 Å². The van der Waals surface area contributed by atoms with Crippen molar-refractivity contribution in [2.24, 2.45) is 0 Å². The number of anilines is 1. The molecular formula is C21H19NO. The Morgan fingerprint density at radius 2 is 1.52 bits per heavy atom. The maximum Gasteiger partial charge on any atom is 0.255 e. The van der Waals surface area contributed by atoms with Gasteiger partial charge in [-0.25, -0.2) is 0 Å². The van der Waals surface area contributed by atoms with Crippen LogP contribution in [0.4, 0.5) is 5.69 Å². The molecule has 3 aromatic carbocycles. The Balaban J connectivity index is 1.88. The van der Waals surface area contributed by atoms with Gasteiger partial charge in [-0.3, -0.25) is 4.79 Å². The second kappa shape index (κ2) is 6.93. The van der Waals surface area contributed by atoms with Gasteiger partial charge in [0.15, 0.2) is 0 Å². The Hall–Kier alpha value is -2.87. The molecule has 1 N–H and O–H groups in total. The van der Waals surface area contributed by atoms with Crippen LogP contribution in [0.2, 0.25) is 0 Å². The van der Waals surface area contributed by atoms with Crippen molar-refractivity contribution in [3.63, 3.8) is 0 Å². The molecule has 0 fully saturated rings. The second-order valence-corrected chi connectivity index (χ2v) is 5.64. The molecule has 0 heterocycles. The minimum Gasteiger partial charge on any atom is -0.322 e. The molecule has 0 bridgehead atoms. The zero-order valence-corrected chi connectivity index (χ0v) is 13.1. The van der Waals surface area contributed by atoms with Gasteiger partial charge in [0.1, 0.15) is 0 Å². The average Bonchev–Trinajstić information content (AvgIpc) is 2.58. The first kappa shape index (κ1) is 15.0. The van der Waals surface area contributed by atoms with E-state index < -0.39 is 0 Å². The van der Waals surface area contributed by atoms with Crippen LogP contribution in [0.1, 0.15) is 27.0 Å². The van der Waals surface area contributed by atoms with Crippen molar-refractivity contribution in [2.45, 2.75) is 13.3 Å². The molecule has 2 heteroatoms. The number of carbonyl (C=O) groups is 1. The third-order valence-corrected chi connectivity index (χ3v) is 3.78. The Labute approximate surface area is 136 Å². The van der Waals surface area contributed by atoms with E-state index in [1.807, 2.05) is 67.6 Å². The van der Waals surface area contributed by atoms with Crippen molar-refractivity contribution in [3.05, 3.63) is 101 Å². The van der Waals surface area contributed by atoms with E-state index in [0.717, 1.165) is 28.8 Å². The van der Waals surface area contributed by atoms with Crippen LogP contribution in [-0.2, 0) is 6.42 Å². The topological polar surface area (TPSA) is 29.1 Å². The fraction of sp³-hybridized carbons (Fsp3) is 0.0952. The normalized spacial score (nSPS) is 10.3. The molecule has 0 aliphatic rings. The SMILES string of the molecule is Cc1ccc(Cc2ccccc2)c(C(=O)Nc2ccccc2)c1. The highest BCUT2D eigenvalue weighted by Gasteiger charge is 2.12. The molecule has 114 valence electrons. The third-order valence-electron chi connectivity index (χ3n) is 3.78. The van der Waals surface area contributed by atoms with Crippen molar-refractivity contribution in [1.82, 2.24) is 0 Å². The first-order valence-electron chi connectivity index (χ1n) is 7.72. The number of para-hydroxylation sites is 1. The van der Waals surface area contributed by atoms with Crippen LogP contribution in [0.5, 0.6) is 0 Å². The van der Waals surface area contributed by atoms with Crippen molar-refractivity contribution >= 4 is 11.6 Å². The number of hydrogen-bond acceptors (Lipinski definition) is 1. The Morgan fingerprint density at radius 3 is 2.22 bits per heavy atom. The molecule has 0 saturated carbocycles. The van der Waals surface area contributed by atoms with E-state index in [1.165, 1.54) is 5.56 Å². The van der Waals surface area contributed by atoms with Crippen LogP contribution in [0, 0.1) is 6.92 Å². The summed E-state index contributed by atoms with van der Waals surface area (Å²) in [6.45, 7) is 2.01. The zero-order valence-electron chi connectivity index (χ0n) is 13.1. The first-order valence-corrected chi connectivity index (χ1v) is 7.72. The Morgan fingerprint density at radius 1 is 0.870 bits per heavy atom. The second-order valence-electron chi connectivity index (χ2n) is 5.64. The van der Waals surface area contributed by atoms with Gasteiger partial charge in [0.05, 0.1) is 0 Å². The van der Waals surface area contributed by atoms with Gasteiger partial charge in [-0.2, -0.15) is 0 Å². The van der Waals surface area contributed by atoms with E-state index in [-0.39, 0.29) is 5.91 Å². The van der Waals surface area contributed by atoms with Crippen LogP contribution < -0.4 is 5.32 Å². The summed E-state index contributed by atoms with van der Waals surface area (Å²) in [5.74, 6) is -0.0640. The zero-order chi connectivity index (χ0) is 16.1. The molecule has 23 heavy (non-hydrogen) atoms. The van der Waals surface area contributed by atoms with Gasteiger partial charge >= 0.3 is 0 Å². The molecule has 0 atom stereocenters. The summed E-state index contributed by atoms with van der Waals surface area (Å²) in [5.41, 5.74) is 4.86. The lowest BCUT2D eigenvalue weighted by atomic mass is 9.97. The first-order chi connectivity index (χ1) is 11.2. The fourth-order valence-corrected chi connectivity index (χ4v) is 2.59. The van der Waals surface area contributed by atoms with E-state index in [0.29, 0.717) is 0 Å². The smallest absolute Gasteiger partial charge is 0.255 e. The van der Waals surface area contributed by atoms with Crippen molar-refractivity contribution in [2.75, 3.05) is 5.32 Å². The maximum absolute atomic E-state index is 12.7. The highest BCUT2D eigenvalue weighted by atomic mass is 16.1. The van der Waals surface area contributed by atoms with Crippen LogP contribution in [-0.4, -0.2) is 5.91 Å². The monoisotopic (exact) mass is 301 g/mol. The van der Waals surface area contributed by atoms with Gasteiger partial charge in [-0.15, -0.1) is 0 Å². The molecule has 0 saturated heterocycles. The summed E-state index contributed by atoms with van der Waals surface area (Å²) in [4.78, 5) is 12.7. The molecule has 1 amide bonds. The summed E-state index contributed by atoms with van der Waals surface area (Å²) in [5, 5.41) is 2.97. The summed E-state index contributed by atoms with van der Waals surface area (Å²) in [6, 6.07) is 25.8. The van der Waals surface area contributed by atoms with E-state index in [1.54, 1.807) is 0 Å². The Kier molecular flexibility index (Phi) is 4.53. The predicted octanol–water partition coefficient (Wildman–Crippen LogP) is 4.84. The van der Waals surface area contributed by atoms with Crippen molar-refractivity contribution < 1.29 is 4.79 Å². The lowest BCUT2D eigenvalue weighted by Gasteiger charge is -2.11. The van der Waals surface area contributed by atoms with Crippen LogP contribution in [0.25, 0.3) is 0 Å². The Bertz CT molecular complexity index is 795. The average molecular weight is 301 g/mol. The largest absolute Gasteiger partial charge is 0.322 e. The number of rotatable bonds is 4. The molecule has 0 unspecified atom stereocenters. The lowest BCUT2D eigenvalue weighted by molar-refractivity contribution is 0.102. The van der Waals surface area contributed by atoms with Crippen LogP contribution in [0.3, 0.4) is 0 Å². The summed E-state index contributed by atoms with van der Waals surface area (Å²) >= 11 is 0. The summed E-state index contributed by atoms with van der Waals surface area (Å²) in [6.07, 6.45) is 0.749. The van der Waals surface area contributed by atoms with Gasteiger partial charge < -0.3 is 5.32 Å². The van der Waals surface area contributed by atoms with Gasteiger partial charge in [0.2, 0.25) is 0 Å². The highest BCUT2D eigenvalue weighted by Crippen LogP contribution is 2.18. The highest BCUT2D eigenvalue weighted by molar-refractivity contribution is 6.05. The maximum atomic E-state index is 12.7. The molecule has 0 radical (unpaired) electrons. The molecule has 3 rings (SSSR count). The molecule has 0 aliphatic heterocycles. The summed E-state index contributed by atoms with van der Waals surface area (Å²) in [7, 11) is 0. The van der Waals surface area contributed by atoms with Crippen molar-refractivity contribution in [1.29, 1.82) is 0 Å². The van der Waals surface area contributed by atoms with E-state index in [4.69, 9.17) is 0 Å². The number of hydrogen-bond donors (Lipinski definition) is 1. The van der Waals surface area contributed by atoms with Gasteiger partial charge in [0, 0.05) is 11.3 Å². The number of nitrogens with one attached hydrogen (secondary N) is 1. The minimum atomic E-state index is -0.0640. The van der Waals surface area contributed by atoms with Gasteiger partial charge in [0.25, 0.3) is 5.91 Å². The van der Waals surface area contributed by atoms with E-state index in [9.17, 15) is 4.79 Å². The fourth-order valence-electron chi connectivity index (χ4n) is 2.59. The predicted molar refractivity (Wildman–Crippen MR) is 94.8 cm³/mol. The van der Waals surface area contributed by atoms with Crippen LogP contribution >= 0.6 is 0 Å². The lowest BCUT2D eigenvalue weighted by Crippen LogP contribution is -2.14. The third kappa shape index (κ3) is 3.86. The molecule has 2 nitrogen and oxygen atoms in total. The standard InChI is InChI=1S/C21H19NO/c1-16-12-13-18(15-17-8-4-2-5-9-17)20(14-16)21(23)22-19-10-6-3-7-11-19/h2-14H,15H2,1H3,(H,22,23). The number of carbonyl (C=O) groups excluding carboxylic acids is 1. The van der Waals surface area contributed by atoms with E-state index in [2.05, 4.69) is 23.5 Å². The summed E-state index contributed by atoms with van der Waals surface area (Å²) < 4.78 is 0. The van der Waals surface area contributed by atoms with Gasteiger partial charge in [-0.05, 0) is 42.7 Å². The molecular weight excluding hydrogens is 282 g/mol. The number of amides is 1. The number of benzene rings is 3. The number of aryl methyl sites for hydroxylation is 1.